The Hall–Kier alpha value is -0.810. The minimum absolute atomic E-state index is 0.0870. The van der Waals surface area contributed by atoms with Gasteiger partial charge in [-0.15, -0.1) is 11.8 Å². The molecule has 0 aromatic heterocycles. The molecule has 1 aromatic carbocycles. The fourth-order valence-electron chi connectivity index (χ4n) is 2.55. The van der Waals surface area contributed by atoms with E-state index in [-0.39, 0.29) is 10.8 Å². The molecule has 0 saturated carbocycles. The summed E-state index contributed by atoms with van der Waals surface area (Å²) in [5.41, 5.74) is 7.60. The van der Waals surface area contributed by atoms with Gasteiger partial charge in [-0.1, -0.05) is 53.3 Å². The minimum atomic E-state index is -0.0870. The number of rotatable bonds is 3. The highest BCUT2D eigenvalue weighted by Gasteiger charge is 2.27. The third-order valence-corrected chi connectivity index (χ3v) is 6.24. The number of nitrogens with zero attached hydrogens (tertiary/aromatic N) is 1. The zero-order valence-corrected chi connectivity index (χ0v) is 16.6. The summed E-state index contributed by atoms with van der Waals surface area (Å²) in [6.45, 7) is 13.7. The predicted molar refractivity (Wildman–Crippen MR) is 104 cm³/mol. The Kier molecular flexibility index (Phi) is 5.31. The van der Waals surface area contributed by atoms with Crippen LogP contribution in [-0.2, 0) is 10.8 Å². The van der Waals surface area contributed by atoms with Gasteiger partial charge >= 0.3 is 0 Å². The van der Waals surface area contributed by atoms with Gasteiger partial charge in [0, 0.05) is 27.0 Å². The third kappa shape index (κ3) is 4.60. The highest BCUT2D eigenvalue weighted by molar-refractivity contribution is 8.15. The molecule has 3 N–H and O–H groups in total. The van der Waals surface area contributed by atoms with Crippen molar-refractivity contribution in [3.05, 3.63) is 23.3 Å². The molecular formula is C18H28N2OS2. The standard InChI is InChI=1S/C18H28N2OS2/c1-17(2,3)13-7-11(8-14(15(13)21)18(4,5)6)22-10-12-9-20-16(19)23-12/h7-8,12,21H,9-10H2,1-6H3,(H2,19,20). The average Bonchev–Trinajstić information content (AvgIpc) is 2.80. The van der Waals surface area contributed by atoms with E-state index in [4.69, 9.17) is 5.73 Å². The van der Waals surface area contributed by atoms with Crippen molar-refractivity contribution in [2.75, 3.05) is 12.3 Å². The van der Waals surface area contributed by atoms with Gasteiger partial charge in [0.05, 0.1) is 6.54 Å². The van der Waals surface area contributed by atoms with E-state index in [0.29, 0.717) is 16.2 Å². The van der Waals surface area contributed by atoms with Crippen LogP contribution in [0.5, 0.6) is 5.75 Å². The van der Waals surface area contributed by atoms with E-state index in [1.807, 2.05) is 11.8 Å². The Bertz CT molecular complexity index is 577. The Morgan fingerprint density at radius 3 is 2.09 bits per heavy atom. The first kappa shape index (κ1) is 18.5. The van der Waals surface area contributed by atoms with E-state index in [1.165, 1.54) is 4.90 Å². The molecule has 2 rings (SSSR count). The van der Waals surface area contributed by atoms with Gasteiger partial charge in [-0.2, -0.15) is 0 Å². The lowest BCUT2D eigenvalue weighted by Crippen LogP contribution is -2.17. The number of amidine groups is 1. The first-order chi connectivity index (χ1) is 10.5. The molecule has 3 nitrogen and oxygen atoms in total. The topological polar surface area (TPSA) is 58.6 Å². The highest BCUT2D eigenvalue weighted by atomic mass is 32.2. The van der Waals surface area contributed by atoms with Crippen LogP contribution in [0.2, 0.25) is 0 Å². The Morgan fingerprint density at radius 1 is 1.17 bits per heavy atom. The molecule has 0 saturated heterocycles. The molecule has 0 amide bonds. The molecule has 0 radical (unpaired) electrons. The number of thioether (sulfide) groups is 2. The summed E-state index contributed by atoms with van der Waals surface area (Å²) in [6.07, 6.45) is 0. The van der Waals surface area contributed by atoms with Gasteiger partial charge in [0.15, 0.2) is 5.17 Å². The zero-order chi connectivity index (χ0) is 17.4. The van der Waals surface area contributed by atoms with Gasteiger partial charge in [0.25, 0.3) is 0 Å². The summed E-state index contributed by atoms with van der Waals surface area (Å²) in [5.74, 6) is 1.42. The van der Waals surface area contributed by atoms with Gasteiger partial charge in [-0.3, -0.25) is 4.99 Å². The summed E-state index contributed by atoms with van der Waals surface area (Å²) in [6, 6.07) is 4.28. The SMILES string of the molecule is CC(C)(C)c1cc(SCC2CN=C(N)S2)cc(C(C)(C)C)c1O. The molecule has 1 heterocycles. The van der Waals surface area contributed by atoms with Gasteiger partial charge in [0.2, 0.25) is 0 Å². The molecule has 23 heavy (non-hydrogen) atoms. The van der Waals surface area contributed by atoms with E-state index >= 15 is 0 Å². The fourth-order valence-corrected chi connectivity index (χ4v) is 4.55. The second-order valence-electron chi connectivity index (χ2n) is 8.10. The molecule has 5 heteroatoms. The molecule has 0 fully saturated rings. The van der Waals surface area contributed by atoms with E-state index in [1.54, 1.807) is 11.8 Å². The van der Waals surface area contributed by atoms with Crippen molar-refractivity contribution in [2.45, 2.75) is 62.5 Å². The number of aromatic hydroxyl groups is 1. The second-order valence-corrected chi connectivity index (χ2v) is 10.5. The van der Waals surface area contributed by atoms with E-state index < -0.39 is 0 Å². The molecule has 0 bridgehead atoms. The van der Waals surface area contributed by atoms with Crippen LogP contribution < -0.4 is 5.73 Å². The van der Waals surface area contributed by atoms with Gasteiger partial charge < -0.3 is 10.8 Å². The highest BCUT2D eigenvalue weighted by Crippen LogP contribution is 2.42. The number of phenols is 1. The van der Waals surface area contributed by atoms with Crippen LogP contribution >= 0.6 is 23.5 Å². The summed E-state index contributed by atoms with van der Waals surface area (Å²) >= 11 is 3.49. The molecule has 128 valence electrons. The summed E-state index contributed by atoms with van der Waals surface area (Å²) in [5, 5.41) is 11.9. The van der Waals surface area contributed by atoms with E-state index in [2.05, 4.69) is 58.7 Å². The van der Waals surface area contributed by atoms with Crippen LogP contribution in [0.1, 0.15) is 52.7 Å². The number of phenolic OH excluding ortho intramolecular Hbond substituents is 1. The number of aliphatic imine (C=N–C) groups is 1. The van der Waals surface area contributed by atoms with Crippen molar-refractivity contribution in [3.8, 4) is 5.75 Å². The molecule has 0 aliphatic carbocycles. The lowest BCUT2D eigenvalue weighted by Gasteiger charge is -2.28. The molecule has 1 aliphatic heterocycles. The quantitative estimate of drug-likeness (QED) is 0.786. The van der Waals surface area contributed by atoms with Crippen molar-refractivity contribution < 1.29 is 5.11 Å². The fraction of sp³-hybridized carbons (Fsp3) is 0.611. The Balaban J connectivity index is 2.29. The van der Waals surface area contributed by atoms with Crippen molar-refractivity contribution >= 4 is 28.7 Å². The maximum absolute atomic E-state index is 10.8. The first-order valence-electron chi connectivity index (χ1n) is 7.96. The molecular weight excluding hydrogens is 324 g/mol. The van der Waals surface area contributed by atoms with Gasteiger partial charge in [-0.05, 0) is 23.0 Å². The Morgan fingerprint density at radius 2 is 1.70 bits per heavy atom. The third-order valence-electron chi connectivity index (χ3n) is 3.87. The number of hydrogen-bond donors (Lipinski definition) is 2. The van der Waals surface area contributed by atoms with Gasteiger partial charge in [0.1, 0.15) is 5.75 Å². The predicted octanol–water partition coefficient (Wildman–Crippen LogP) is 4.51. The molecule has 1 aromatic rings. The first-order valence-corrected chi connectivity index (χ1v) is 9.82. The summed E-state index contributed by atoms with van der Waals surface area (Å²) < 4.78 is 0. The number of nitrogens with two attached hydrogens (primary N) is 1. The molecule has 0 spiro atoms. The number of hydrogen-bond acceptors (Lipinski definition) is 5. The molecule has 1 unspecified atom stereocenters. The van der Waals surface area contributed by atoms with Crippen molar-refractivity contribution in [1.29, 1.82) is 0 Å². The van der Waals surface area contributed by atoms with Crippen molar-refractivity contribution in [3.63, 3.8) is 0 Å². The van der Waals surface area contributed by atoms with Crippen LogP contribution in [0.4, 0.5) is 0 Å². The lowest BCUT2D eigenvalue weighted by atomic mass is 9.79. The van der Waals surface area contributed by atoms with Crippen LogP contribution in [0.25, 0.3) is 0 Å². The largest absolute Gasteiger partial charge is 0.507 e. The molecule has 1 atom stereocenters. The number of benzene rings is 1. The van der Waals surface area contributed by atoms with Crippen LogP contribution in [0.3, 0.4) is 0 Å². The average molecular weight is 353 g/mol. The van der Waals surface area contributed by atoms with E-state index in [9.17, 15) is 5.11 Å². The van der Waals surface area contributed by atoms with Crippen LogP contribution in [-0.4, -0.2) is 27.8 Å². The van der Waals surface area contributed by atoms with Crippen molar-refractivity contribution in [1.82, 2.24) is 0 Å². The van der Waals surface area contributed by atoms with Crippen LogP contribution in [0.15, 0.2) is 22.0 Å². The molecule has 1 aliphatic rings. The lowest BCUT2D eigenvalue weighted by molar-refractivity contribution is 0.422. The minimum Gasteiger partial charge on any atom is -0.507 e. The van der Waals surface area contributed by atoms with Gasteiger partial charge in [-0.25, -0.2) is 0 Å². The zero-order valence-electron chi connectivity index (χ0n) is 14.9. The Labute approximate surface area is 148 Å². The van der Waals surface area contributed by atoms with E-state index in [0.717, 1.165) is 23.4 Å². The maximum atomic E-state index is 10.8. The normalized spacial score (nSPS) is 19.0. The maximum Gasteiger partial charge on any atom is 0.154 e. The van der Waals surface area contributed by atoms with Crippen LogP contribution in [0, 0.1) is 0 Å². The summed E-state index contributed by atoms with van der Waals surface area (Å²) in [4.78, 5) is 5.47. The van der Waals surface area contributed by atoms with Crippen molar-refractivity contribution in [2.24, 2.45) is 10.7 Å². The smallest absolute Gasteiger partial charge is 0.154 e. The second kappa shape index (κ2) is 6.60. The monoisotopic (exact) mass is 352 g/mol. The summed E-state index contributed by atoms with van der Waals surface area (Å²) in [7, 11) is 0.